The molecule has 1 aromatic rings. The molecule has 2 unspecified atom stereocenters. The van der Waals surface area contributed by atoms with Crippen LogP contribution in [-0.2, 0) is 14.8 Å². The van der Waals surface area contributed by atoms with Crippen molar-refractivity contribution in [1.29, 1.82) is 0 Å². The number of benzene rings is 1. The van der Waals surface area contributed by atoms with Gasteiger partial charge in [0, 0.05) is 17.9 Å². The largest absolute Gasteiger partial charge is 0.378 e. The Labute approximate surface area is 119 Å². The summed E-state index contributed by atoms with van der Waals surface area (Å²) >= 11 is 0. The van der Waals surface area contributed by atoms with Crippen LogP contribution in [0.2, 0.25) is 0 Å². The van der Waals surface area contributed by atoms with Crippen LogP contribution in [0.3, 0.4) is 0 Å². The first-order valence-electron chi connectivity index (χ1n) is 6.69. The van der Waals surface area contributed by atoms with Crippen LogP contribution in [0.5, 0.6) is 0 Å². The summed E-state index contributed by atoms with van der Waals surface area (Å²) in [4.78, 5) is 12.3. The highest BCUT2D eigenvalue weighted by Gasteiger charge is 2.31. The van der Waals surface area contributed by atoms with E-state index in [-0.39, 0.29) is 23.6 Å². The molecule has 20 heavy (non-hydrogen) atoms. The second-order valence-electron chi connectivity index (χ2n) is 4.92. The molecule has 1 N–H and O–H groups in total. The van der Waals surface area contributed by atoms with E-state index in [4.69, 9.17) is 4.74 Å². The van der Waals surface area contributed by atoms with Gasteiger partial charge >= 0.3 is 0 Å². The smallest absolute Gasteiger partial charge is 0.232 e. The zero-order valence-corrected chi connectivity index (χ0v) is 12.4. The molecule has 0 aliphatic carbocycles. The van der Waals surface area contributed by atoms with Gasteiger partial charge in [0.2, 0.25) is 10.0 Å². The van der Waals surface area contributed by atoms with Gasteiger partial charge in [-0.05, 0) is 44.5 Å². The van der Waals surface area contributed by atoms with Crippen molar-refractivity contribution >= 4 is 21.5 Å². The normalized spacial score (nSPS) is 22.7. The Bertz CT molecular complexity index is 580. The quantitative estimate of drug-likeness (QED) is 0.844. The van der Waals surface area contributed by atoms with Crippen molar-refractivity contribution in [2.24, 2.45) is 5.92 Å². The van der Waals surface area contributed by atoms with Gasteiger partial charge in [0.05, 0.1) is 17.8 Å². The predicted octanol–water partition coefficient (Wildman–Crippen LogP) is 2.06. The van der Waals surface area contributed by atoms with Crippen molar-refractivity contribution in [2.75, 3.05) is 17.1 Å². The van der Waals surface area contributed by atoms with Gasteiger partial charge in [-0.15, -0.1) is 0 Å². The second kappa shape index (κ2) is 5.93. The Morgan fingerprint density at radius 1 is 1.35 bits per heavy atom. The molecule has 1 aromatic carbocycles. The van der Waals surface area contributed by atoms with Gasteiger partial charge in [0.25, 0.3) is 0 Å². The standard InChI is InChI=1S/C14H19NO4S/c1-3-20(17,18)15-12-6-4-11(5-7-12)14(16)13-8-9-19-10(13)2/h4-7,10,13,15H,3,8-9H2,1-2H3. The van der Waals surface area contributed by atoms with E-state index < -0.39 is 10.0 Å². The van der Waals surface area contributed by atoms with E-state index in [1.807, 2.05) is 6.92 Å². The zero-order chi connectivity index (χ0) is 14.8. The first kappa shape index (κ1) is 15.0. The van der Waals surface area contributed by atoms with Gasteiger partial charge in [-0.2, -0.15) is 0 Å². The number of sulfonamides is 1. The highest BCUT2D eigenvalue weighted by Crippen LogP contribution is 2.25. The van der Waals surface area contributed by atoms with Gasteiger partial charge in [-0.3, -0.25) is 9.52 Å². The van der Waals surface area contributed by atoms with E-state index in [0.717, 1.165) is 6.42 Å². The summed E-state index contributed by atoms with van der Waals surface area (Å²) in [5, 5.41) is 0. The predicted molar refractivity (Wildman–Crippen MR) is 77.4 cm³/mol. The van der Waals surface area contributed by atoms with Crippen LogP contribution in [0.15, 0.2) is 24.3 Å². The van der Waals surface area contributed by atoms with Gasteiger partial charge < -0.3 is 4.74 Å². The van der Waals surface area contributed by atoms with E-state index in [9.17, 15) is 13.2 Å². The molecule has 110 valence electrons. The topological polar surface area (TPSA) is 72.5 Å². The highest BCUT2D eigenvalue weighted by molar-refractivity contribution is 7.92. The van der Waals surface area contributed by atoms with Crippen LogP contribution in [0.4, 0.5) is 5.69 Å². The molecule has 1 saturated heterocycles. The Hall–Kier alpha value is -1.40. The number of anilines is 1. The summed E-state index contributed by atoms with van der Waals surface area (Å²) in [6, 6.07) is 6.53. The number of ketones is 1. The minimum atomic E-state index is -3.29. The minimum absolute atomic E-state index is 0.0185. The molecule has 0 spiro atoms. The molecule has 2 rings (SSSR count). The van der Waals surface area contributed by atoms with Crippen LogP contribution in [-0.4, -0.2) is 32.7 Å². The molecule has 0 aromatic heterocycles. The number of hydrogen-bond acceptors (Lipinski definition) is 4. The number of ether oxygens (including phenoxy) is 1. The first-order chi connectivity index (χ1) is 9.43. The SMILES string of the molecule is CCS(=O)(=O)Nc1ccc(C(=O)C2CCOC2C)cc1. The lowest BCUT2D eigenvalue weighted by atomic mass is 9.92. The Morgan fingerprint density at radius 3 is 2.50 bits per heavy atom. The average molecular weight is 297 g/mol. The molecule has 6 heteroatoms. The molecule has 0 radical (unpaired) electrons. The molecule has 2 atom stereocenters. The minimum Gasteiger partial charge on any atom is -0.378 e. The van der Waals surface area contributed by atoms with Gasteiger partial charge in [-0.25, -0.2) is 8.42 Å². The van der Waals surface area contributed by atoms with Crippen molar-refractivity contribution in [3.63, 3.8) is 0 Å². The summed E-state index contributed by atoms with van der Waals surface area (Å²) in [6.45, 7) is 4.09. The fourth-order valence-electron chi connectivity index (χ4n) is 2.24. The van der Waals surface area contributed by atoms with Gasteiger partial charge in [0.15, 0.2) is 5.78 Å². The van der Waals surface area contributed by atoms with E-state index in [2.05, 4.69) is 4.72 Å². The maximum absolute atomic E-state index is 12.3. The van der Waals surface area contributed by atoms with Gasteiger partial charge in [0.1, 0.15) is 0 Å². The third-order valence-corrected chi connectivity index (χ3v) is 4.84. The summed E-state index contributed by atoms with van der Waals surface area (Å²) in [5.74, 6) is -0.0296. The lowest BCUT2D eigenvalue weighted by Crippen LogP contribution is -2.21. The van der Waals surface area contributed by atoms with E-state index in [0.29, 0.717) is 17.9 Å². The molecular weight excluding hydrogens is 278 g/mol. The maximum Gasteiger partial charge on any atom is 0.232 e. The fourth-order valence-corrected chi connectivity index (χ4v) is 2.88. The number of rotatable bonds is 5. The van der Waals surface area contributed by atoms with Crippen molar-refractivity contribution in [3.8, 4) is 0 Å². The van der Waals surface area contributed by atoms with Crippen molar-refractivity contribution in [3.05, 3.63) is 29.8 Å². The van der Waals surface area contributed by atoms with Gasteiger partial charge in [-0.1, -0.05) is 0 Å². The average Bonchev–Trinajstić information content (AvgIpc) is 2.85. The molecule has 1 aliphatic rings. The molecule has 0 bridgehead atoms. The Balaban J connectivity index is 2.10. The fraction of sp³-hybridized carbons (Fsp3) is 0.500. The molecule has 1 heterocycles. The number of carbonyl (C=O) groups excluding carboxylic acids is 1. The highest BCUT2D eigenvalue weighted by atomic mass is 32.2. The Kier molecular flexibility index (Phi) is 4.45. The molecule has 0 amide bonds. The lowest BCUT2D eigenvalue weighted by molar-refractivity contribution is 0.0764. The van der Waals surface area contributed by atoms with Crippen molar-refractivity contribution in [2.45, 2.75) is 26.4 Å². The third-order valence-electron chi connectivity index (χ3n) is 3.54. The van der Waals surface area contributed by atoms with E-state index in [1.165, 1.54) is 0 Å². The number of nitrogens with one attached hydrogen (secondary N) is 1. The summed E-state index contributed by atoms with van der Waals surface area (Å²) in [6.07, 6.45) is 0.685. The molecule has 0 saturated carbocycles. The third kappa shape index (κ3) is 3.37. The van der Waals surface area contributed by atoms with E-state index in [1.54, 1.807) is 31.2 Å². The van der Waals surface area contributed by atoms with Crippen LogP contribution in [0.1, 0.15) is 30.6 Å². The van der Waals surface area contributed by atoms with E-state index >= 15 is 0 Å². The molecule has 5 nitrogen and oxygen atoms in total. The van der Waals surface area contributed by atoms with Crippen molar-refractivity contribution in [1.82, 2.24) is 0 Å². The summed E-state index contributed by atoms with van der Waals surface area (Å²) < 4.78 is 30.7. The number of hydrogen-bond donors (Lipinski definition) is 1. The zero-order valence-electron chi connectivity index (χ0n) is 11.6. The summed E-state index contributed by atoms with van der Waals surface area (Å²) in [7, 11) is -3.29. The molecular formula is C14H19NO4S. The maximum atomic E-state index is 12.3. The monoisotopic (exact) mass is 297 g/mol. The van der Waals surface area contributed by atoms with Crippen molar-refractivity contribution < 1.29 is 17.9 Å². The second-order valence-corrected chi connectivity index (χ2v) is 6.93. The number of carbonyl (C=O) groups is 1. The van der Waals surface area contributed by atoms with Crippen LogP contribution in [0, 0.1) is 5.92 Å². The van der Waals surface area contributed by atoms with Crippen LogP contribution in [0.25, 0.3) is 0 Å². The summed E-state index contributed by atoms with van der Waals surface area (Å²) in [5.41, 5.74) is 1.06. The van der Waals surface area contributed by atoms with Crippen LogP contribution < -0.4 is 4.72 Å². The van der Waals surface area contributed by atoms with Crippen LogP contribution >= 0.6 is 0 Å². The Morgan fingerprint density at radius 2 is 2.00 bits per heavy atom. The first-order valence-corrected chi connectivity index (χ1v) is 8.34. The lowest BCUT2D eigenvalue weighted by Gasteiger charge is -2.13. The number of Topliss-reactive ketones (excluding diaryl/α,β-unsaturated/α-hetero) is 1. The molecule has 1 fully saturated rings. The molecule has 1 aliphatic heterocycles.